The van der Waals surface area contributed by atoms with Crippen LogP contribution in [-0.2, 0) is 11.2 Å². The Morgan fingerprint density at radius 3 is 2.32 bits per heavy atom. The monoisotopic (exact) mass is 304 g/mol. The van der Waals surface area contributed by atoms with E-state index in [1.54, 1.807) is 0 Å². The summed E-state index contributed by atoms with van der Waals surface area (Å²) in [4.78, 5) is 16.8. The zero-order valence-electron chi connectivity index (χ0n) is 14.0. The van der Waals surface area contributed by atoms with Crippen molar-refractivity contribution in [2.24, 2.45) is 0 Å². The van der Waals surface area contributed by atoms with Gasteiger partial charge in [0, 0.05) is 38.3 Å². The van der Waals surface area contributed by atoms with Gasteiger partial charge in [-0.3, -0.25) is 9.69 Å². The third-order valence-corrected chi connectivity index (χ3v) is 4.13. The van der Waals surface area contributed by atoms with Gasteiger partial charge < -0.3 is 9.64 Å². The lowest BCUT2D eigenvalue weighted by Gasteiger charge is -2.34. The van der Waals surface area contributed by atoms with E-state index in [-0.39, 0.29) is 12.0 Å². The Morgan fingerprint density at radius 2 is 1.77 bits per heavy atom. The van der Waals surface area contributed by atoms with E-state index in [9.17, 15) is 4.79 Å². The number of aryl methyl sites for hydroxylation is 1. The second kappa shape index (κ2) is 8.30. The minimum Gasteiger partial charge on any atom is -0.377 e. The van der Waals surface area contributed by atoms with Gasteiger partial charge in [-0.2, -0.15) is 0 Å². The maximum Gasteiger partial charge on any atom is 0.253 e. The fraction of sp³-hybridized carbons (Fsp3) is 0.611. The quantitative estimate of drug-likeness (QED) is 0.809. The molecule has 1 heterocycles. The second-order valence-electron chi connectivity index (χ2n) is 6.10. The summed E-state index contributed by atoms with van der Waals surface area (Å²) < 4.78 is 5.59. The molecule has 1 aliphatic rings. The van der Waals surface area contributed by atoms with Crippen LogP contribution in [0.1, 0.15) is 36.7 Å². The molecule has 0 bridgehead atoms. The van der Waals surface area contributed by atoms with Crippen molar-refractivity contribution in [3.63, 3.8) is 0 Å². The van der Waals surface area contributed by atoms with E-state index in [1.807, 2.05) is 29.2 Å². The van der Waals surface area contributed by atoms with Crippen molar-refractivity contribution in [1.82, 2.24) is 9.80 Å². The fourth-order valence-electron chi connectivity index (χ4n) is 2.66. The number of amides is 1. The van der Waals surface area contributed by atoms with Gasteiger partial charge >= 0.3 is 0 Å². The summed E-state index contributed by atoms with van der Waals surface area (Å²) in [6.45, 7) is 11.4. The largest absolute Gasteiger partial charge is 0.377 e. The van der Waals surface area contributed by atoms with E-state index in [4.69, 9.17) is 4.74 Å². The van der Waals surface area contributed by atoms with Crippen LogP contribution in [0, 0.1) is 0 Å². The zero-order valence-corrected chi connectivity index (χ0v) is 14.0. The van der Waals surface area contributed by atoms with Crippen LogP contribution >= 0.6 is 0 Å². The average molecular weight is 304 g/mol. The number of carbonyl (C=O) groups excluding carboxylic acids is 1. The summed E-state index contributed by atoms with van der Waals surface area (Å²) in [6.07, 6.45) is 1.29. The first kappa shape index (κ1) is 17.0. The second-order valence-corrected chi connectivity index (χ2v) is 6.10. The van der Waals surface area contributed by atoms with E-state index in [0.29, 0.717) is 0 Å². The van der Waals surface area contributed by atoms with Gasteiger partial charge in [-0.25, -0.2) is 0 Å². The minimum absolute atomic E-state index is 0.153. The molecule has 0 atom stereocenters. The summed E-state index contributed by atoms with van der Waals surface area (Å²) in [5.41, 5.74) is 2.07. The molecular weight excluding hydrogens is 276 g/mol. The Labute approximate surface area is 134 Å². The van der Waals surface area contributed by atoms with Gasteiger partial charge in [0.2, 0.25) is 0 Å². The van der Waals surface area contributed by atoms with Crippen molar-refractivity contribution in [1.29, 1.82) is 0 Å². The smallest absolute Gasteiger partial charge is 0.253 e. The standard InChI is InChI=1S/C18H28N2O2/c1-4-16-5-7-17(8-6-16)18(21)20-11-9-19(10-12-20)13-14-22-15(2)3/h5-8,15H,4,9-14H2,1-3H3. The van der Waals surface area contributed by atoms with Crippen LogP contribution in [0.2, 0.25) is 0 Å². The molecule has 0 saturated carbocycles. The van der Waals surface area contributed by atoms with Crippen molar-refractivity contribution in [3.8, 4) is 0 Å². The SMILES string of the molecule is CCc1ccc(C(=O)N2CCN(CCOC(C)C)CC2)cc1. The topological polar surface area (TPSA) is 32.8 Å². The molecule has 4 heteroatoms. The van der Waals surface area contributed by atoms with Gasteiger partial charge in [0.15, 0.2) is 0 Å². The highest BCUT2D eigenvalue weighted by Crippen LogP contribution is 2.11. The first-order chi connectivity index (χ1) is 10.6. The van der Waals surface area contributed by atoms with Crippen molar-refractivity contribution in [3.05, 3.63) is 35.4 Å². The molecule has 1 aromatic carbocycles. The fourth-order valence-corrected chi connectivity index (χ4v) is 2.66. The molecule has 1 amide bonds. The lowest BCUT2D eigenvalue weighted by Crippen LogP contribution is -2.49. The predicted octanol–water partition coefficient (Wildman–Crippen LogP) is 2.43. The predicted molar refractivity (Wildman–Crippen MR) is 89.3 cm³/mol. The van der Waals surface area contributed by atoms with E-state index >= 15 is 0 Å². The number of piperazine rings is 1. The number of carbonyl (C=O) groups is 1. The van der Waals surface area contributed by atoms with Crippen molar-refractivity contribution < 1.29 is 9.53 Å². The van der Waals surface area contributed by atoms with E-state index in [0.717, 1.165) is 51.3 Å². The van der Waals surface area contributed by atoms with Crippen LogP contribution in [0.3, 0.4) is 0 Å². The molecule has 0 aromatic heterocycles. The lowest BCUT2D eigenvalue weighted by atomic mass is 10.1. The molecule has 0 aliphatic carbocycles. The van der Waals surface area contributed by atoms with Crippen molar-refractivity contribution in [2.75, 3.05) is 39.3 Å². The number of rotatable bonds is 6. The van der Waals surface area contributed by atoms with Crippen molar-refractivity contribution >= 4 is 5.91 Å². The van der Waals surface area contributed by atoms with E-state index in [2.05, 4.69) is 25.7 Å². The number of ether oxygens (including phenoxy) is 1. The van der Waals surface area contributed by atoms with Crippen LogP contribution in [-0.4, -0.2) is 61.1 Å². The Bertz CT molecular complexity index is 462. The van der Waals surface area contributed by atoms with Crippen LogP contribution in [0.4, 0.5) is 0 Å². The van der Waals surface area contributed by atoms with E-state index in [1.165, 1.54) is 5.56 Å². The molecule has 1 fully saturated rings. The van der Waals surface area contributed by atoms with Gasteiger partial charge in [-0.1, -0.05) is 19.1 Å². The Kier molecular flexibility index (Phi) is 6.40. The summed E-state index contributed by atoms with van der Waals surface area (Å²) in [6, 6.07) is 7.99. The average Bonchev–Trinajstić information content (AvgIpc) is 2.54. The highest BCUT2D eigenvalue weighted by atomic mass is 16.5. The van der Waals surface area contributed by atoms with Gasteiger partial charge in [0.25, 0.3) is 5.91 Å². The Balaban J connectivity index is 1.79. The Hall–Kier alpha value is -1.39. The molecule has 122 valence electrons. The number of nitrogens with zero attached hydrogens (tertiary/aromatic N) is 2. The molecule has 1 aliphatic heterocycles. The molecule has 22 heavy (non-hydrogen) atoms. The molecular formula is C18H28N2O2. The van der Waals surface area contributed by atoms with Gasteiger partial charge in [-0.15, -0.1) is 0 Å². The molecule has 0 spiro atoms. The third-order valence-electron chi connectivity index (χ3n) is 4.13. The first-order valence-electron chi connectivity index (χ1n) is 8.32. The highest BCUT2D eigenvalue weighted by Gasteiger charge is 2.21. The Morgan fingerprint density at radius 1 is 1.14 bits per heavy atom. The molecule has 0 N–H and O–H groups in total. The van der Waals surface area contributed by atoms with Gasteiger partial charge in [0.05, 0.1) is 12.7 Å². The highest BCUT2D eigenvalue weighted by molar-refractivity contribution is 5.94. The minimum atomic E-state index is 0.153. The number of hydrogen-bond acceptors (Lipinski definition) is 3. The summed E-state index contributed by atoms with van der Waals surface area (Å²) in [5.74, 6) is 0.153. The summed E-state index contributed by atoms with van der Waals surface area (Å²) in [7, 11) is 0. The lowest BCUT2D eigenvalue weighted by molar-refractivity contribution is 0.0407. The third kappa shape index (κ3) is 4.82. The molecule has 0 unspecified atom stereocenters. The van der Waals surface area contributed by atoms with Crippen LogP contribution < -0.4 is 0 Å². The van der Waals surface area contributed by atoms with Crippen LogP contribution in [0.15, 0.2) is 24.3 Å². The number of benzene rings is 1. The molecule has 1 saturated heterocycles. The summed E-state index contributed by atoms with van der Waals surface area (Å²) in [5, 5.41) is 0. The van der Waals surface area contributed by atoms with Gasteiger partial charge in [-0.05, 0) is 38.0 Å². The van der Waals surface area contributed by atoms with Crippen molar-refractivity contribution in [2.45, 2.75) is 33.3 Å². The maximum absolute atomic E-state index is 12.5. The first-order valence-corrected chi connectivity index (χ1v) is 8.32. The van der Waals surface area contributed by atoms with Gasteiger partial charge in [0.1, 0.15) is 0 Å². The molecule has 2 rings (SSSR count). The van der Waals surface area contributed by atoms with Crippen LogP contribution in [0.5, 0.6) is 0 Å². The normalized spacial score (nSPS) is 16.3. The molecule has 4 nitrogen and oxygen atoms in total. The number of hydrogen-bond donors (Lipinski definition) is 0. The molecule has 1 aromatic rings. The van der Waals surface area contributed by atoms with E-state index < -0.39 is 0 Å². The molecule has 0 radical (unpaired) electrons. The van der Waals surface area contributed by atoms with Crippen LogP contribution in [0.25, 0.3) is 0 Å². The maximum atomic E-state index is 12.5. The summed E-state index contributed by atoms with van der Waals surface area (Å²) >= 11 is 0. The zero-order chi connectivity index (χ0) is 15.9.